The first kappa shape index (κ1) is 25.4. The first-order valence-corrected chi connectivity index (χ1v) is 13.2. The summed E-state index contributed by atoms with van der Waals surface area (Å²) in [5, 5.41) is 4.31. The van der Waals surface area contributed by atoms with E-state index in [2.05, 4.69) is 77.9 Å². The molecule has 0 radical (unpaired) electrons. The van der Waals surface area contributed by atoms with Crippen LogP contribution in [0.3, 0.4) is 0 Å². The van der Waals surface area contributed by atoms with Crippen molar-refractivity contribution in [3.05, 3.63) is 162 Å². The van der Waals surface area contributed by atoms with E-state index in [1.807, 2.05) is 60.9 Å². The van der Waals surface area contributed by atoms with Crippen molar-refractivity contribution in [1.82, 2.24) is 14.8 Å². The van der Waals surface area contributed by atoms with E-state index in [9.17, 15) is 0 Å². The fourth-order valence-corrected chi connectivity index (χ4v) is 6.36. The Morgan fingerprint density at radius 2 is 1.36 bits per heavy atom. The second kappa shape index (κ2) is 10.7. The fourth-order valence-electron chi connectivity index (χ4n) is 5.17. The molecular weight excluding hydrogens is 682 g/mol. The van der Waals surface area contributed by atoms with Crippen LogP contribution in [0.5, 0.6) is 11.5 Å². The van der Waals surface area contributed by atoms with Crippen LogP contribution in [0.2, 0.25) is 0 Å². The molecule has 190 valence electrons. The molecule has 0 aliphatic carbocycles. The molecule has 1 aliphatic heterocycles. The summed E-state index contributed by atoms with van der Waals surface area (Å²) in [6, 6.07) is 43.9. The van der Waals surface area contributed by atoms with Crippen molar-refractivity contribution in [3.63, 3.8) is 0 Å². The molecule has 39 heavy (non-hydrogen) atoms. The summed E-state index contributed by atoms with van der Waals surface area (Å²) in [4.78, 5) is 7.33. The quantitative estimate of drug-likeness (QED) is 0.174. The minimum Gasteiger partial charge on any atom is -0.509 e. The maximum Gasteiger partial charge on any atom is 2.00 e. The third-order valence-corrected chi connectivity index (χ3v) is 7.90. The first-order valence-electron chi connectivity index (χ1n) is 12.3. The van der Waals surface area contributed by atoms with Crippen molar-refractivity contribution in [2.24, 2.45) is 0 Å². The SMILES string of the molecule is [Pt+2].[c-]1c(Oc2[c-]c(C3(c4ccccn4)c4ccccc4Sc4ccccc43)ccc2)cccc1-n1cccn1. The summed E-state index contributed by atoms with van der Waals surface area (Å²) in [7, 11) is 0. The number of ether oxygens (including phenoxy) is 1. The molecule has 4 nitrogen and oxygen atoms in total. The summed E-state index contributed by atoms with van der Waals surface area (Å²) in [6.45, 7) is 0. The van der Waals surface area contributed by atoms with Crippen molar-refractivity contribution in [2.45, 2.75) is 15.2 Å². The van der Waals surface area contributed by atoms with Crippen LogP contribution < -0.4 is 4.74 Å². The molecule has 0 bridgehead atoms. The van der Waals surface area contributed by atoms with Crippen molar-refractivity contribution in [1.29, 1.82) is 0 Å². The standard InChI is InChI=1S/C33H21N3OS.Pt/c1-3-16-30-28(14-1)33(32-18-5-6-19-34-32,29-15-2-4-17-31(29)38-30)24-10-7-12-26(22-24)37-27-13-8-11-25(23-27)36-21-9-20-35-36;/h1-21H;/q-2;+2. The van der Waals surface area contributed by atoms with Gasteiger partial charge < -0.3 is 4.74 Å². The Hall–Kier alpha value is -3.92. The van der Waals surface area contributed by atoms with E-state index in [1.54, 1.807) is 22.6 Å². The minimum absolute atomic E-state index is 0. The second-order valence-electron chi connectivity index (χ2n) is 8.94. The Labute approximate surface area is 246 Å². The average molecular weight is 703 g/mol. The van der Waals surface area contributed by atoms with Crippen LogP contribution >= 0.6 is 11.8 Å². The number of nitrogens with zero attached hydrogens (tertiary/aromatic N) is 3. The molecule has 0 N–H and O–H groups in total. The molecule has 2 aromatic heterocycles. The van der Waals surface area contributed by atoms with Crippen LogP contribution in [0.15, 0.2) is 138 Å². The summed E-state index contributed by atoms with van der Waals surface area (Å²) in [6.07, 6.45) is 5.49. The van der Waals surface area contributed by atoms with Gasteiger partial charge in [0, 0.05) is 39.9 Å². The van der Waals surface area contributed by atoms with Crippen molar-refractivity contribution >= 4 is 11.8 Å². The maximum absolute atomic E-state index is 6.33. The number of hydrogen-bond donors (Lipinski definition) is 0. The van der Waals surface area contributed by atoms with Gasteiger partial charge in [0.1, 0.15) is 0 Å². The molecular formula is C33H21N3OPtS. The van der Waals surface area contributed by atoms with Crippen LogP contribution in [0.4, 0.5) is 0 Å². The van der Waals surface area contributed by atoms with Gasteiger partial charge in [-0.25, -0.2) is 0 Å². The first-order chi connectivity index (χ1) is 18.8. The van der Waals surface area contributed by atoms with Crippen LogP contribution in [0.25, 0.3) is 5.69 Å². The molecule has 1 aliphatic rings. The van der Waals surface area contributed by atoms with Gasteiger partial charge in [0.25, 0.3) is 0 Å². The summed E-state index contributed by atoms with van der Waals surface area (Å²) >= 11 is 1.80. The van der Waals surface area contributed by atoms with E-state index in [0.717, 1.165) is 16.9 Å². The maximum atomic E-state index is 6.33. The van der Waals surface area contributed by atoms with E-state index >= 15 is 0 Å². The van der Waals surface area contributed by atoms with Crippen molar-refractivity contribution in [2.75, 3.05) is 0 Å². The third kappa shape index (κ3) is 4.42. The number of aromatic nitrogens is 3. The van der Waals surface area contributed by atoms with Crippen molar-refractivity contribution < 1.29 is 25.8 Å². The van der Waals surface area contributed by atoms with Crippen LogP contribution in [0.1, 0.15) is 22.4 Å². The number of hydrogen-bond acceptors (Lipinski definition) is 4. The molecule has 3 heterocycles. The van der Waals surface area contributed by atoms with E-state index in [4.69, 9.17) is 9.72 Å². The predicted molar refractivity (Wildman–Crippen MR) is 148 cm³/mol. The molecule has 0 spiro atoms. The van der Waals surface area contributed by atoms with E-state index in [0.29, 0.717) is 11.5 Å². The van der Waals surface area contributed by atoms with Gasteiger partial charge in [-0.1, -0.05) is 54.2 Å². The monoisotopic (exact) mass is 702 g/mol. The van der Waals surface area contributed by atoms with Gasteiger partial charge in [0.2, 0.25) is 0 Å². The zero-order valence-corrected chi connectivity index (χ0v) is 23.7. The normalized spacial score (nSPS) is 13.0. The van der Waals surface area contributed by atoms with Crippen LogP contribution in [-0.4, -0.2) is 14.8 Å². The molecule has 0 fully saturated rings. The topological polar surface area (TPSA) is 39.9 Å². The molecule has 0 saturated heterocycles. The zero-order valence-electron chi connectivity index (χ0n) is 20.6. The molecule has 0 atom stereocenters. The smallest absolute Gasteiger partial charge is 0.509 e. The third-order valence-electron chi connectivity index (χ3n) is 6.75. The van der Waals surface area contributed by atoms with E-state index in [1.165, 1.54) is 20.9 Å². The molecule has 0 unspecified atom stereocenters. The van der Waals surface area contributed by atoms with Gasteiger partial charge in [-0.05, 0) is 47.1 Å². The van der Waals surface area contributed by atoms with Gasteiger partial charge >= 0.3 is 21.1 Å². The van der Waals surface area contributed by atoms with E-state index in [-0.39, 0.29) is 21.1 Å². The Balaban J connectivity index is 0.00000277. The van der Waals surface area contributed by atoms with Gasteiger partial charge in [0.05, 0.1) is 11.1 Å². The Morgan fingerprint density at radius 1 is 0.667 bits per heavy atom. The molecule has 0 saturated carbocycles. The Morgan fingerprint density at radius 3 is 2.05 bits per heavy atom. The molecule has 0 amide bonds. The summed E-state index contributed by atoms with van der Waals surface area (Å²) in [5.41, 5.74) is 4.43. The van der Waals surface area contributed by atoms with Gasteiger partial charge in [0.15, 0.2) is 0 Å². The molecule has 7 rings (SSSR count). The Bertz CT molecular complexity index is 1690. The number of fused-ring (bicyclic) bond motifs is 2. The largest absolute Gasteiger partial charge is 2.00 e. The van der Waals surface area contributed by atoms with Gasteiger partial charge in [-0.2, -0.15) is 23.3 Å². The summed E-state index contributed by atoms with van der Waals surface area (Å²) in [5.74, 6) is 1.21. The van der Waals surface area contributed by atoms with Crippen molar-refractivity contribution in [3.8, 4) is 17.2 Å². The molecule has 6 heteroatoms. The van der Waals surface area contributed by atoms with E-state index < -0.39 is 5.41 Å². The second-order valence-corrected chi connectivity index (χ2v) is 10.0. The molecule has 6 aromatic rings. The Kier molecular flexibility index (Phi) is 6.95. The van der Waals surface area contributed by atoms with Gasteiger partial charge in [-0.15, -0.1) is 35.9 Å². The number of benzene rings is 4. The fraction of sp³-hybridized carbons (Fsp3) is 0.0303. The predicted octanol–water partition coefficient (Wildman–Crippen LogP) is 7.50. The minimum atomic E-state index is -0.653. The molecule has 4 aromatic carbocycles. The van der Waals surface area contributed by atoms with Gasteiger partial charge in [-0.3, -0.25) is 9.67 Å². The average Bonchev–Trinajstić information content (AvgIpc) is 3.52. The number of pyridine rings is 1. The van der Waals surface area contributed by atoms with Crippen LogP contribution in [0, 0.1) is 12.1 Å². The number of rotatable bonds is 5. The zero-order chi connectivity index (χ0) is 25.4. The summed E-state index contributed by atoms with van der Waals surface area (Å²) < 4.78 is 8.09. The van der Waals surface area contributed by atoms with Crippen LogP contribution in [-0.2, 0) is 26.5 Å².